The first-order valence-electron chi connectivity index (χ1n) is 9.55. The van der Waals surface area contributed by atoms with Crippen LogP contribution in [0.3, 0.4) is 0 Å². The maximum Gasteiger partial charge on any atom is 0.397 e. The maximum atomic E-state index is 11.9. The summed E-state index contributed by atoms with van der Waals surface area (Å²) >= 11 is 0. The molecule has 0 atom stereocenters. The number of benzene rings is 2. The van der Waals surface area contributed by atoms with Crippen molar-refractivity contribution in [3.8, 4) is 11.5 Å². The topological polar surface area (TPSA) is 93.3 Å². The van der Waals surface area contributed by atoms with Crippen LogP contribution in [0.25, 0.3) is 10.9 Å². The number of H-pyrrole nitrogens is 1. The van der Waals surface area contributed by atoms with Crippen LogP contribution in [-0.2, 0) is 14.3 Å². The minimum atomic E-state index is -0.905. The van der Waals surface area contributed by atoms with Crippen LogP contribution in [-0.4, -0.2) is 28.7 Å². The number of esters is 1. The van der Waals surface area contributed by atoms with Gasteiger partial charge in [-0.1, -0.05) is 13.8 Å². The van der Waals surface area contributed by atoms with Gasteiger partial charge in [-0.05, 0) is 68.1 Å². The lowest BCUT2D eigenvalue weighted by Gasteiger charge is -2.14. The summed E-state index contributed by atoms with van der Waals surface area (Å²) in [7, 11) is 0. The Labute approximate surface area is 169 Å². The number of fused-ring (bicyclic) bond motifs is 1. The molecule has 1 aromatic heterocycles. The van der Waals surface area contributed by atoms with Crippen LogP contribution in [0.15, 0.2) is 30.3 Å². The van der Waals surface area contributed by atoms with E-state index in [9.17, 15) is 9.59 Å². The van der Waals surface area contributed by atoms with Gasteiger partial charge in [0.2, 0.25) is 0 Å². The van der Waals surface area contributed by atoms with Gasteiger partial charge >= 0.3 is 11.9 Å². The predicted molar refractivity (Wildman–Crippen MR) is 111 cm³/mol. The number of amides is 1. The van der Waals surface area contributed by atoms with Gasteiger partial charge in [0, 0.05) is 16.8 Å². The maximum absolute atomic E-state index is 11.9. The van der Waals surface area contributed by atoms with E-state index in [1.807, 2.05) is 32.0 Å². The molecule has 0 aliphatic rings. The average Bonchev–Trinajstić information content (AvgIpc) is 3.08. The second-order valence-electron chi connectivity index (χ2n) is 7.19. The van der Waals surface area contributed by atoms with Crippen LogP contribution in [0.4, 0.5) is 5.69 Å². The molecular formula is C22H25N3O4. The second-order valence-corrected chi connectivity index (χ2v) is 7.19. The third-order valence-corrected chi connectivity index (χ3v) is 4.53. The number of rotatable bonds is 5. The number of nitrogens with one attached hydrogen (secondary N) is 2. The minimum Gasteiger partial charge on any atom is -0.459 e. The second kappa shape index (κ2) is 8.34. The zero-order valence-corrected chi connectivity index (χ0v) is 17.3. The van der Waals surface area contributed by atoms with Crippen LogP contribution < -0.4 is 10.1 Å². The molecule has 7 heteroatoms. The Morgan fingerprint density at radius 3 is 2.45 bits per heavy atom. The summed E-state index contributed by atoms with van der Waals surface area (Å²) in [5, 5.41) is 11.0. The summed E-state index contributed by atoms with van der Waals surface area (Å²) in [4.78, 5) is 23.4. The fraction of sp³-hybridized carbons (Fsp3) is 0.318. The van der Waals surface area contributed by atoms with Crippen LogP contribution in [0.1, 0.15) is 43.5 Å². The number of carbonyl (C=O) groups excluding carboxylic acids is 2. The molecule has 29 heavy (non-hydrogen) atoms. The number of nitrogens with zero attached hydrogens (tertiary/aromatic N) is 1. The number of anilines is 1. The number of aromatic amines is 1. The van der Waals surface area contributed by atoms with Crippen molar-refractivity contribution >= 4 is 28.5 Å². The molecule has 0 radical (unpaired) electrons. The molecular weight excluding hydrogens is 370 g/mol. The first-order chi connectivity index (χ1) is 13.8. The van der Waals surface area contributed by atoms with E-state index >= 15 is 0 Å². The van der Waals surface area contributed by atoms with E-state index in [4.69, 9.17) is 9.47 Å². The summed E-state index contributed by atoms with van der Waals surface area (Å²) < 4.78 is 10.9. The third kappa shape index (κ3) is 4.39. The van der Waals surface area contributed by atoms with E-state index in [1.165, 1.54) is 0 Å². The van der Waals surface area contributed by atoms with Gasteiger partial charge in [-0.25, -0.2) is 4.79 Å². The highest BCUT2D eigenvalue weighted by Crippen LogP contribution is 2.34. The molecule has 1 heterocycles. The highest BCUT2D eigenvalue weighted by atomic mass is 16.5. The molecule has 152 valence electrons. The number of hydrogen-bond donors (Lipinski definition) is 2. The molecule has 0 spiro atoms. The van der Waals surface area contributed by atoms with Crippen molar-refractivity contribution < 1.29 is 19.1 Å². The van der Waals surface area contributed by atoms with Gasteiger partial charge in [0.25, 0.3) is 0 Å². The van der Waals surface area contributed by atoms with E-state index in [0.29, 0.717) is 23.1 Å². The van der Waals surface area contributed by atoms with Crippen molar-refractivity contribution in [1.82, 2.24) is 10.2 Å². The molecule has 0 unspecified atom stereocenters. The lowest BCUT2D eigenvalue weighted by atomic mass is 10.1. The summed E-state index contributed by atoms with van der Waals surface area (Å²) in [6, 6.07) is 9.29. The van der Waals surface area contributed by atoms with Gasteiger partial charge in [-0.2, -0.15) is 5.10 Å². The Hall–Kier alpha value is -3.35. The molecule has 0 fully saturated rings. The Balaban J connectivity index is 1.85. The summed E-state index contributed by atoms with van der Waals surface area (Å²) in [5.41, 5.74) is 4.14. The monoisotopic (exact) mass is 395 g/mol. The Kier molecular flexibility index (Phi) is 5.87. The van der Waals surface area contributed by atoms with Crippen LogP contribution >= 0.6 is 0 Å². The van der Waals surface area contributed by atoms with Gasteiger partial charge in [0.1, 0.15) is 11.5 Å². The fourth-order valence-corrected chi connectivity index (χ4v) is 3.19. The van der Waals surface area contributed by atoms with Crippen LogP contribution in [0.5, 0.6) is 11.5 Å². The van der Waals surface area contributed by atoms with Crippen LogP contribution in [0.2, 0.25) is 0 Å². The molecule has 0 aliphatic carbocycles. The lowest BCUT2D eigenvalue weighted by molar-refractivity contribution is -0.152. The van der Waals surface area contributed by atoms with Gasteiger partial charge in [0.15, 0.2) is 0 Å². The molecule has 3 aromatic rings. The van der Waals surface area contributed by atoms with Gasteiger partial charge in [-0.3, -0.25) is 9.89 Å². The first kappa shape index (κ1) is 20.4. The van der Waals surface area contributed by atoms with Gasteiger partial charge in [0.05, 0.1) is 12.1 Å². The number of hydrogen-bond acceptors (Lipinski definition) is 5. The highest BCUT2D eigenvalue weighted by molar-refractivity contribution is 6.37. The molecule has 1 amide bonds. The average molecular weight is 395 g/mol. The highest BCUT2D eigenvalue weighted by Gasteiger charge is 2.17. The molecule has 0 saturated carbocycles. The van der Waals surface area contributed by atoms with Crippen LogP contribution in [0, 0.1) is 13.8 Å². The smallest absolute Gasteiger partial charge is 0.397 e. The van der Waals surface area contributed by atoms with Crippen molar-refractivity contribution in [1.29, 1.82) is 0 Å². The summed E-state index contributed by atoms with van der Waals surface area (Å²) in [6.45, 7) is 9.79. The number of aromatic nitrogens is 2. The van der Waals surface area contributed by atoms with Crippen molar-refractivity contribution in [3.05, 3.63) is 47.2 Å². The van der Waals surface area contributed by atoms with Crippen molar-refractivity contribution in [2.45, 2.75) is 40.5 Å². The zero-order chi connectivity index (χ0) is 21.1. The Bertz CT molecular complexity index is 1050. The SMILES string of the molecule is CCOC(=O)C(=O)Nc1cc(C)c(Oc2ccc3n[nH]c(C(C)C)c3c2)c(C)c1. The predicted octanol–water partition coefficient (Wildman–Crippen LogP) is 4.60. The van der Waals surface area contributed by atoms with Gasteiger partial charge in [-0.15, -0.1) is 0 Å². The van der Waals surface area contributed by atoms with Gasteiger partial charge < -0.3 is 14.8 Å². The molecule has 0 saturated heterocycles. The molecule has 7 nitrogen and oxygen atoms in total. The van der Waals surface area contributed by atoms with E-state index in [2.05, 4.69) is 29.4 Å². The molecule has 2 aromatic carbocycles. The number of aryl methyl sites for hydroxylation is 2. The minimum absolute atomic E-state index is 0.149. The van der Waals surface area contributed by atoms with E-state index in [-0.39, 0.29) is 6.61 Å². The molecule has 0 bridgehead atoms. The summed E-state index contributed by atoms with van der Waals surface area (Å²) in [6.07, 6.45) is 0. The zero-order valence-electron chi connectivity index (χ0n) is 17.3. The van der Waals surface area contributed by atoms with Crippen molar-refractivity contribution in [2.24, 2.45) is 0 Å². The number of ether oxygens (including phenoxy) is 2. The van der Waals surface area contributed by atoms with E-state index in [0.717, 1.165) is 27.7 Å². The molecule has 3 rings (SSSR count). The fourth-order valence-electron chi connectivity index (χ4n) is 3.19. The van der Waals surface area contributed by atoms with E-state index < -0.39 is 11.9 Å². The third-order valence-electron chi connectivity index (χ3n) is 4.53. The Morgan fingerprint density at radius 1 is 1.14 bits per heavy atom. The Morgan fingerprint density at radius 2 is 1.83 bits per heavy atom. The lowest BCUT2D eigenvalue weighted by Crippen LogP contribution is -2.25. The first-order valence-corrected chi connectivity index (χ1v) is 9.55. The molecule has 2 N–H and O–H groups in total. The van der Waals surface area contributed by atoms with Crippen molar-refractivity contribution in [3.63, 3.8) is 0 Å². The largest absolute Gasteiger partial charge is 0.459 e. The summed E-state index contributed by atoms with van der Waals surface area (Å²) in [5.74, 6) is 0.0212. The quantitative estimate of drug-likeness (QED) is 0.486. The van der Waals surface area contributed by atoms with E-state index in [1.54, 1.807) is 19.1 Å². The van der Waals surface area contributed by atoms with Crippen molar-refractivity contribution in [2.75, 3.05) is 11.9 Å². The number of carbonyl (C=O) groups is 2. The molecule has 0 aliphatic heterocycles. The standard InChI is InChI=1S/C22H25N3O4/c1-6-28-22(27)21(26)23-15-9-13(4)20(14(5)10-15)29-16-7-8-18-17(11-16)19(12(2)3)25-24-18/h7-12H,6H2,1-5H3,(H,23,26)(H,24,25). The normalized spacial score (nSPS) is 11.0.